The fourth-order valence-corrected chi connectivity index (χ4v) is 4.87. The Morgan fingerprint density at radius 1 is 1.17 bits per heavy atom. The van der Waals surface area contributed by atoms with Gasteiger partial charge in [-0.3, -0.25) is 19.5 Å². The van der Waals surface area contributed by atoms with Crippen LogP contribution in [0.2, 0.25) is 0 Å². The molecule has 1 aromatic carbocycles. The third-order valence-corrected chi connectivity index (χ3v) is 6.49. The van der Waals surface area contributed by atoms with Crippen LogP contribution in [0.5, 0.6) is 5.75 Å². The van der Waals surface area contributed by atoms with Crippen molar-refractivity contribution in [2.75, 3.05) is 26.2 Å². The minimum Gasteiger partial charge on any atom is -0.506 e. The topological polar surface area (TPSA) is 143 Å². The molecule has 2 atom stereocenters. The van der Waals surface area contributed by atoms with Crippen molar-refractivity contribution >= 4 is 11.9 Å². The highest BCUT2D eigenvalue weighted by atomic mass is 16.4. The van der Waals surface area contributed by atoms with Gasteiger partial charge in [0.25, 0.3) is 11.9 Å². The minimum atomic E-state index is -0.833. The maximum absolute atomic E-state index is 10.5. The first-order valence-corrected chi connectivity index (χ1v) is 11.7. The first-order chi connectivity index (χ1) is 16.6. The van der Waals surface area contributed by atoms with Gasteiger partial charge in [-0.15, -0.1) is 0 Å². The molecular formula is C26H37N3O6. The summed E-state index contributed by atoms with van der Waals surface area (Å²) in [5, 5.41) is 38.6. The Hall–Kier alpha value is -3.01. The van der Waals surface area contributed by atoms with Crippen molar-refractivity contribution in [2.45, 2.75) is 46.8 Å². The molecule has 2 unspecified atom stereocenters. The van der Waals surface area contributed by atoms with E-state index in [0.29, 0.717) is 23.6 Å². The van der Waals surface area contributed by atoms with E-state index in [0.717, 1.165) is 57.6 Å². The molecule has 5 N–H and O–H groups in total. The third-order valence-electron chi connectivity index (χ3n) is 6.49. The van der Waals surface area contributed by atoms with Gasteiger partial charge in [0.1, 0.15) is 5.75 Å². The average Bonchev–Trinajstić information content (AvgIpc) is 3.33. The predicted octanol–water partition coefficient (Wildman–Crippen LogP) is 2.42. The fourth-order valence-electron chi connectivity index (χ4n) is 4.87. The fraction of sp³-hybridized carbons (Fsp3) is 0.500. The van der Waals surface area contributed by atoms with Crippen LogP contribution in [0.1, 0.15) is 42.7 Å². The molecule has 0 saturated carbocycles. The number of hydrogen-bond acceptors (Lipinski definition) is 7. The molecule has 0 bridgehead atoms. The maximum Gasteiger partial charge on any atom is 0.300 e. The van der Waals surface area contributed by atoms with E-state index in [1.54, 1.807) is 6.20 Å². The highest BCUT2D eigenvalue weighted by Gasteiger charge is 2.48. The lowest BCUT2D eigenvalue weighted by molar-refractivity contribution is -0.135. The van der Waals surface area contributed by atoms with Crippen molar-refractivity contribution in [3.63, 3.8) is 0 Å². The zero-order chi connectivity index (χ0) is 26.0. The Bertz CT molecular complexity index is 965. The number of fused-ring (bicyclic) bond motifs is 1. The zero-order valence-corrected chi connectivity index (χ0v) is 20.7. The molecule has 0 radical (unpaired) electrons. The summed E-state index contributed by atoms with van der Waals surface area (Å²) in [6.07, 6.45) is 3.97. The number of hydrogen-bond donors (Lipinski definition) is 5. The molecule has 192 valence electrons. The van der Waals surface area contributed by atoms with Crippen LogP contribution in [0, 0.1) is 18.3 Å². The highest BCUT2D eigenvalue weighted by Crippen LogP contribution is 2.43. The number of carboxylic acids is 2. The van der Waals surface area contributed by atoms with E-state index < -0.39 is 11.9 Å². The van der Waals surface area contributed by atoms with E-state index in [9.17, 15) is 10.2 Å². The van der Waals surface area contributed by atoms with E-state index in [-0.39, 0.29) is 12.4 Å². The van der Waals surface area contributed by atoms with Gasteiger partial charge in [0.05, 0.1) is 12.3 Å². The summed E-state index contributed by atoms with van der Waals surface area (Å²) in [7, 11) is 0. The Labute approximate surface area is 206 Å². The summed E-state index contributed by atoms with van der Waals surface area (Å²) in [6.45, 7) is 8.76. The molecule has 3 heterocycles. The predicted molar refractivity (Wildman–Crippen MR) is 132 cm³/mol. The number of carbonyl (C=O) groups is 2. The van der Waals surface area contributed by atoms with Crippen molar-refractivity contribution < 1.29 is 30.0 Å². The third kappa shape index (κ3) is 8.31. The number of carboxylic acid groups (broad SMARTS) is 2. The maximum atomic E-state index is 10.5. The molecular weight excluding hydrogens is 450 g/mol. The molecule has 1 aromatic heterocycles. The molecule has 0 spiro atoms. The van der Waals surface area contributed by atoms with Crippen molar-refractivity contribution in [1.82, 2.24) is 15.2 Å². The quantitative estimate of drug-likeness (QED) is 0.415. The van der Waals surface area contributed by atoms with Crippen LogP contribution in [0.4, 0.5) is 0 Å². The van der Waals surface area contributed by atoms with Crippen molar-refractivity contribution in [3.05, 3.63) is 58.9 Å². The first kappa shape index (κ1) is 28.2. The van der Waals surface area contributed by atoms with Crippen LogP contribution in [0.25, 0.3) is 0 Å². The molecule has 2 saturated heterocycles. The first-order valence-electron chi connectivity index (χ1n) is 11.7. The van der Waals surface area contributed by atoms with E-state index in [1.807, 2.05) is 6.92 Å². The summed E-state index contributed by atoms with van der Waals surface area (Å²) in [4.78, 5) is 24.6. The second kappa shape index (κ2) is 13.2. The number of benzene rings is 1. The molecule has 9 heteroatoms. The number of aliphatic carboxylic acids is 2. The minimum absolute atomic E-state index is 0.0891. The number of aromatic hydroxyl groups is 1. The van der Waals surface area contributed by atoms with Gasteiger partial charge in [0, 0.05) is 62.8 Å². The lowest BCUT2D eigenvalue weighted by atomic mass is 9.76. The SMILES string of the molecule is CC(=O)O.CC(=O)O.Cc1ncc(CO)c(CN2CC3CNCC3(CCc3ccccc3)C2)c1O. The van der Waals surface area contributed by atoms with Crippen LogP contribution in [-0.2, 0) is 29.2 Å². The summed E-state index contributed by atoms with van der Waals surface area (Å²) in [6, 6.07) is 10.7. The van der Waals surface area contributed by atoms with Gasteiger partial charge >= 0.3 is 0 Å². The Kier molecular flexibility index (Phi) is 10.6. The Balaban J connectivity index is 0.000000473. The molecule has 2 aromatic rings. The van der Waals surface area contributed by atoms with Crippen molar-refractivity contribution in [1.29, 1.82) is 0 Å². The van der Waals surface area contributed by atoms with Crippen LogP contribution in [-0.4, -0.2) is 68.4 Å². The van der Waals surface area contributed by atoms with Crippen molar-refractivity contribution in [2.24, 2.45) is 11.3 Å². The van der Waals surface area contributed by atoms with E-state index in [1.165, 1.54) is 12.0 Å². The van der Waals surface area contributed by atoms with Crippen LogP contribution < -0.4 is 5.32 Å². The van der Waals surface area contributed by atoms with Gasteiger partial charge in [-0.1, -0.05) is 30.3 Å². The molecule has 0 amide bonds. The number of aryl methyl sites for hydroxylation is 2. The molecule has 4 rings (SSSR count). The monoisotopic (exact) mass is 487 g/mol. The number of aliphatic hydroxyl groups excluding tert-OH is 1. The highest BCUT2D eigenvalue weighted by molar-refractivity contribution is 5.63. The molecule has 0 aliphatic carbocycles. The van der Waals surface area contributed by atoms with Gasteiger partial charge in [0.2, 0.25) is 0 Å². The number of pyridine rings is 1. The smallest absolute Gasteiger partial charge is 0.300 e. The largest absolute Gasteiger partial charge is 0.506 e. The summed E-state index contributed by atoms with van der Waals surface area (Å²) >= 11 is 0. The Morgan fingerprint density at radius 2 is 1.80 bits per heavy atom. The van der Waals surface area contributed by atoms with Crippen LogP contribution >= 0.6 is 0 Å². The van der Waals surface area contributed by atoms with E-state index in [2.05, 4.69) is 45.5 Å². The van der Waals surface area contributed by atoms with Crippen LogP contribution in [0.15, 0.2) is 36.5 Å². The normalized spacial score (nSPS) is 20.7. The number of aromatic nitrogens is 1. The number of likely N-dealkylation sites (tertiary alicyclic amines) is 1. The molecule has 35 heavy (non-hydrogen) atoms. The van der Waals surface area contributed by atoms with Crippen LogP contribution in [0.3, 0.4) is 0 Å². The number of aliphatic hydroxyl groups is 1. The molecule has 2 aliphatic rings. The summed E-state index contributed by atoms with van der Waals surface area (Å²) in [5.41, 5.74) is 3.89. The van der Waals surface area contributed by atoms with Gasteiger partial charge < -0.3 is 25.7 Å². The number of nitrogens with zero attached hydrogens (tertiary/aromatic N) is 2. The van der Waals surface area contributed by atoms with E-state index >= 15 is 0 Å². The standard InChI is InChI=1S/C22H29N3O2.2C2H4O2/c1-16-21(27)20(18(13-26)9-24-16)12-25-11-19-10-23-14-22(19,15-25)8-7-17-5-3-2-4-6-17;2*1-2(3)4/h2-6,9,19,23,26-27H,7-8,10-15H2,1H3;2*1H3,(H,3,4). The zero-order valence-electron chi connectivity index (χ0n) is 20.7. The van der Waals surface area contributed by atoms with Gasteiger partial charge in [0.15, 0.2) is 0 Å². The molecule has 2 fully saturated rings. The second-order valence-electron chi connectivity index (χ2n) is 9.24. The number of nitrogens with one attached hydrogen (secondary N) is 1. The van der Waals surface area contributed by atoms with E-state index in [4.69, 9.17) is 19.8 Å². The summed E-state index contributed by atoms with van der Waals surface area (Å²) in [5.74, 6) is -0.793. The Morgan fingerprint density at radius 3 is 2.40 bits per heavy atom. The lowest BCUT2D eigenvalue weighted by Gasteiger charge is -2.28. The van der Waals surface area contributed by atoms with Gasteiger partial charge in [-0.05, 0) is 37.8 Å². The molecule has 9 nitrogen and oxygen atoms in total. The molecule has 2 aliphatic heterocycles. The van der Waals surface area contributed by atoms with Crippen molar-refractivity contribution in [3.8, 4) is 5.75 Å². The average molecular weight is 488 g/mol. The second-order valence-corrected chi connectivity index (χ2v) is 9.24. The lowest BCUT2D eigenvalue weighted by Crippen LogP contribution is -2.33. The van der Waals surface area contributed by atoms with Gasteiger partial charge in [-0.2, -0.15) is 0 Å². The number of rotatable bonds is 6. The van der Waals surface area contributed by atoms with Gasteiger partial charge in [-0.25, -0.2) is 0 Å². The summed E-state index contributed by atoms with van der Waals surface area (Å²) < 4.78 is 0.